The molecule has 0 spiro atoms. The van der Waals surface area contributed by atoms with Crippen molar-refractivity contribution in [3.8, 4) is 0 Å². The minimum absolute atomic E-state index is 0.0543. The Balaban J connectivity index is 1.81. The lowest BCUT2D eigenvalue weighted by Crippen LogP contribution is -2.52. The van der Waals surface area contributed by atoms with Crippen molar-refractivity contribution in [3.63, 3.8) is 0 Å². The highest BCUT2D eigenvalue weighted by atomic mass is 31.2. The molecule has 0 bridgehead atoms. The maximum atomic E-state index is 12.5. The molecule has 1 unspecified atom stereocenters. The predicted octanol–water partition coefficient (Wildman–Crippen LogP) is 0.379. The lowest BCUT2D eigenvalue weighted by Gasteiger charge is -2.37. The highest BCUT2D eigenvalue weighted by Gasteiger charge is 2.57. The SMILES string of the molecule is COC(=O)CCNC(=O)[C@@H]1O[P+](O)(NCCCN2CCCC2=O)OCC1(C)C. The summed E-state index contributed by atoms with van der Waals surface area (Å²) in [6.45, 7) is 5.65. The van der Waals surface area contributed by atoms with E-state index >= 15 is 0 Å². The van der Waals surface area contributed by atoms with Gasteiger partial charge in [-0.15, -0.1) is 9.61 Å². The minimum Gasteiger partial charge on any atom is -0.469 e. The van der Waals surface area contributed by atoms with E-state index in [4.69, 9.17) is 9.05 Å². The molecule has 2 aliphatic rings. The predicted molar refractivity (Wildman–Crippen MR) is 102 cm³/mol. The molecular formula is C17H31N3O7P+. The fraction of sp³-hybridized carbons (Fsp3) is 0.824. The highest BCUT2D eigenvalue weighted by molar-refractivity contribution is 7.58. The molecule has 0 aliphatic carbocycles. The third-order valence-electron chi connectivity index (χ3n) is 4.75. The van der Waals surface area contributed by atoms with Crippen molar-refractivity contribution in [2.75, 3.05) is 39.9 Å². The van der Waals surface area contributed by atoms with Gasteiger partial charge in [0.25, 0.3) is 5.91 Å². The first kappa shape index (κ1) is 23.0. The van der Waals surface area contributed by atoms with E-state index in [-0.39, 0.29) is 25.5 Å². The summed E-state index contributed by atoms with van der Waals surface area (Å²) >= 11 is 0. The number of ether oxygens (including phenoxy) is 1. The van der Waals surface area contributed by atoms with E-state index in [1.807, 2.05) is 0 Å². The van der Waals surface area contributed by atoms with Crippen molar-refractivity contribution in [2.45, 2.75) is 45.6 Å². The number of likely N-dealkylation sites (tertiary alicyclic amines) is 1. The molecule has 0 saturated carbocycles. The zero-order chi connectivity index (χ0) is 20.8. The molecule has 0 aromatic carbocycles. The standard InChI is InChI=1S/C17H30N3O7P/c1-17(2)12-26-28(24,19-8-5-11-20-10-4-6-13(20)21)27-15(17)16(23)18-9-7-14(22)25-3/h15,19,24H,4-12H2,1-3H3/p+1/t15-,28?/m0/s1. The second-order valence-electron chi connectivity index (χ2n) is 7.63. The number of amides is 2. The topological polar surface area (TPSA) is 126 Å². The van der Waals surface area contributed by atoms with Crippen molar-refractivity contribution in [3.05, 3.63) is 0 Å². The van der Waals surface area contributed by atoms with E-state index in [0.717, 1.165) is 13.0 Å². The van der Waals surface area contributed by atoms with Crippen molar-refractivity contribution in [1.29, 1.82) is 0 Å². The second-order valence-corrected chi connectivity index (χ2v) is 9.46. The normalized spacial score (nSPS) is 26.9. The van der Waals surface area contributed by atoms with Gasteiger partial charge in [0.05, 0.1) is 13.5 Å². The van der Waals surface area contributed by atoms with Gasteiger partial charge in [0.1, 0.15) is 6.61 Å². The molecular weight excluding hydrogens is 389 g/mol. The maximum absolute atomic E-state index is 12.5. The van der Waals surface area contributed by atoms with Crippen LogP contribution >= 0.6 is 8.09 Å². The lowest BCUT2D eigenvalue weighted by atomic mass is 9.87. The third kappa shape index (κ3) is 6.35. The van der Waals surface area contributed by atoms with Crippen LogP contribution in [0.2, 0.25) is 0 Å². The monoisotopic (exact) mass is 420 g/mol. The Hall–Kier alpha value is -1.32. The molecule has 0 aromatic heterocycles. The molecule has 3 N–H and O–H groups in total. The number of carbonyl (C=O) groups is 3. The van der Waals surface area contributed by atoms with Crippen LogP contribution in [0.3, 0.4) is 0 Å². The third-order valence-corrected chi connectivity index (χ3v) is 6.35. The highest BCUT2D eigenvalue weighted by Crippen LogP contribution is 2.59. The second kappa shape index (κ2) is 9.93. The van der Waals surface area contributed by atoms with Gasteiger partial charge >= 0.3 is 14.1 Å². The number of methoxy groups -OCH3 is 1. The first-order chi connectivity index (χ1) is 13.2. The van der Waals surface area contributed by atoms with Gasteiger partial charge in [-0.1, -0.05) is 13.8 Å². The van der Waals surface area contributed by atoms with E-state index in [0.29, 0.717) is 25.9 Å². The van der Waals surface area contributed by atoms with Crippen LogP contribution in [0.4, 0.5) is 0 Å². The Morgan fingerprint density at radius 1 is 1.39 bits per heavy atom. The van der Waals surface area contributed by atoms with Crippen LogP contribution in [0.25, 0.3) is 0 Å². The van der Waals surface area contributed by atoms with Crippen LogP contribution in [0.15, 0.2) is 0 Å². The lowest BCUT2D eigenvalue weighted by molar-refractivity contribution is -0.142. The van der Waals surface area contributed by atoms with Crippen molar-refractivity contribution < 1.29 is 33.1 Å². The molecule has 2 saturated heterocycles. The largest absolute Gasteiger partial charge is 0.499 e. The van der Waals surface area contributed by atoms with Gasteiger partial charge in [-0.25, -0.2) is 0 Å². The van der Waals surface area contributed by atoms with Gasteiger partial charge in [0, 0.05) is 38.0 Å². The molecule has 0 radical (unpaired) electrons. The summed E-state index contributed by atoms with van der Waals surface area (Å²) in [5, 5.41) is 5.51. The Kier molecular flexibility index (Phi) is 8.15. The molecule has 2 rings (SSSR count). The van der Waals surface area contributed by atoms with Crippen molar-refractivity contribution >= 4 is 25.9 Å². The number of hydrogen-bond acceptors (Lipinski definition) is 8. The average molecular weight is 420 g/mol. The summed E-state index contributed by atoms with van der Waals surface area (Å²) < 4.78 is 15.7. The quantitative estimate of drug-likeness (QED) is 0.278. The van der Waals surface area contributed by atoms with E-state index in [1.54, 1.807) is 18.7 Å². The van der Waals surface area contributed by atoms with E-state index in [2.05, 4.69) is 15.1 Å². The summed E-state index contributed by atoms with van der Waals surface area (Å²) in [4.78, 5) is 47.7. The smallest absolute Gasteiger partial charge is 0.469 e. The molecule has 10 nitrogen and oxygen atoms in total. The van der Waals surface area contributed by atoms with Crippen LogP contribution in [0.1, 0.15) is 39.5 Å². The Morgan fingerprint density at radius 2 is 2.14 bits per heavy atom. The van der Waals surface area contributed by atoms with Gasteiger partial charge in [0.15, 0.2) is 6.10 Å². The first-order valence-corrected chi connectivity index (χ1v) is 11.1. The number of rotatable bonds is 9. The molecule has 160 valence electrons. The average Bonchev–Trinajstić information content (AvgIpc) is 3.06. The van der Waals surface area contributed by atoms with Gasteiger partial charge in [-0.05, 0) is 12.8 Å². The fourth-order valence-corrected chi connectivity index (χ4v) is 4.89. The van der Waals surface area contributed by atoms with Crippen LogP contribution in [-0.2, 0) is 28.2 Å². The summed E-state index contributed by atoms with van der Waals surface area (Å²) in [5.41, 5.74) is -0.648. The Bertz CT molecular complexity index is 589. The number of hydrogen-bond donors (Lipinski definition) is 3. The first-order valence-electron chi connectivity index (χ1n) is 9.49. The Morgan fingerprint density at radius 3 is 2.79 bits per heavy atom. The summed E-state index contributed by atoms with van der Waals surface area (Å²) in [6, 6.07) is 0. The van der Waals surface area contributed by atoms with Crippen LogP contribution in [-0.4, -0.2) is 73.6 Å². The molecule has 11 heteroatoms. The molecule has 28 heavy (non-hydrogen) atoms. The molecule has 2 aliphatic heterocycles. The number of esters is 1. The van der Waals surface area contributed by atoms with Crippen LogP contribution in [0, 0.1) is 5.41 Å². The van der Waals surface area contributed by atoms with Gasteiger partial charge < -0.3 is 15.0 Å². The fourth-order valence-electron chi connectivity index (χ4n) is 3.04. The summed E-state index contributed by atoms with van der Waals surface area (Å²) in [6.07, 6.45) is 1.25. The number of carbonyl (C=O) groups excluding carboxylic acids is 3. The number of nitrogens with zero attached hydrogens (tertiary/aromatic N) is 1. The van der Waals surface area contributed by atoms with Crippen LogP contribution < -0.4 is 10.4 Å². The summed E-state index contributed by atoms with van der Waals surface area (Å²) in [5.74, 6) is -0.682. The zero-order valence-corrected chi connectivity index (χ0v) is 17.6. The van der Waals surface area contributed by atoms with Crippen molar-refractivity contribution in [1.82, 2.24) is 15.3 Å². The van der Waals surface area contributed by atoms with Gasteiger partial charge in [-0.2, -0.15) is 9.42 Å². The molecule has 2 atom stereocenters. The van der Waals surface area contributed by atoms with E-state index < -0.39 is 31.5 Å². The molecule has 2 fully saturated rings. The van der Waals surface area contributed by atoms with Gasteiger partial charge in [-0.3, -0.25) is 14.4 Å². The number of nitrogens with one attached hydrogen (secondary N) is 2. The minimum atomic E-state index is -3.39. The van der Waals surface area contributed by atoms with E-state index in [9.17, 15) is 19.3 Å². The molecule has 2 amide bonds. The molecule has 2 heterocycles. The van der Waals surface area contributed by atoms with E-state index in [1.165, 1.54) is 7.11 Å². The molecule has 0 aromatic rings. The Labute approximate surface area is 165 Å². The maximum Gasteiger partial charge on any atom is 0.499 e. The van der Waals surface area contributed by atoms with Gasteiger partial charge in [0.2, 0.25) is 5.91 Å². The summed E-state index contributed by atoms with van der Waals surface area (Å²) in [7, 11) is -2.11. The zero-order valence-electron chi connectivity index (χ0n) is 16.7. The van der Waals surface area contributed by atoms with Crippen LogP contribution in [0.5, 0.6) is 0 Å². The van der Waals surface area contributed by atoms with Crippen molar-refractivity contribution in [2.24, 2.45) is 5.41 Å².